The Morgan fingerprint density at radius 3 is 2.75 bits per heavy atom. The van der Waals surface area contributed by atoms with Crippen LogP contribution in [-0.2, 0) is 0 Å². The van der Waals surface area contributed by atoms with Crippen LogP contribution in [0.1, 0.15) is 34.3 Å². The molecule has 0 unspecified atom stereocenters. The third-order valence-corrected chi connectivity index (χ3v) is 6.27. The molecule has 2 aromatic carbocycles. The van der Waals surface area contributed by atoms with Gasteiger partial charge in [0.1, 0.15) is 0 Å². The van der Waals surface area contributed by atoms with Gasteiger partial charge in [-0.25, -0.2) is 4.98 Å². The SMILES string of the molecule is O=C(c1cnn(-c2ccccc2)n1)N1CCC[C@@H](c2nc3ccccc3s2)C1. The van der Waals surface area contributed by atoms with E-state index in [9.17, 15) is 4.79 Å². The fraction of sp³-hybridized carbons (Fsp3) is 0.238. The van der Waals surface area contributed by atoms with Crippen LogP contribution in [-0.4, -0.2) is 43.9 Å². The van der Waals surface area contributed by atoms with E-state index in [2.05, 4.69) is 16.3 Å². The molecule has 1 amide bonds. The minimum Gasteiger partial charge on any atom is -0.336 e. The van der Waals surface area contributed by atoms with E-state index >= 15 is 0 Å². The molecule has 6 nitrogen and oxygen atoms in total. The number of para-hydroxylation sites is 2. The highest BCUT2D eigenvalue weighted by Crippen LogP contribution is 2.33. The third-order valence-electron chi connectivity index (χ3n) is 5.07. The van der Waals surface area contributed by atoms with E-state index < -0.39 is 0 Å². The molecule has 4 aromatic rings. The Morgan fingerprint density at radius 2 is 1.89 bits per heavy atom. The van der Waals surface area contributed by atoms with Crippen molar-refractivity contribution in [1.82, 2.24) is 24.9 Å². The van der Waals surface area contributed by atoms with Crippen molar-refractivity contribution < 1.29 is 4.79 Å². The molecule has 5 rings (SSSR count). The first-order chi connectivity index (χ1) is 13.8. The van der Waals surface area contributed by atoms with E-state index in [1.54, 1.807) is 17.5 Å². The van der Waals surface area contributed by atoms with E-state index in [0.717, 1.165) is 35.6 Å². The zero-order chi connectivity index (χ0) is 18.9. The monoisotopic (exact) mass is 389 g/mol. The second kappa shape index (κ2) is 7.16. The van der Waals surface area contributed by atoms with E-state index in [4.69, 9.17) is 4.98 Å². The van der Waals surface area contributed by atoms with Gasteiger partial charge in [0.05, 0.1) is 27.1 Å². The Morgan fingerprint density at radius 1 is 1.07 bits per heavy atom. The van der Waals surface area contributed by atoms with Crippen molar-refractivity contribution in [2.75, 3.05) is 13.1 Å². The van der Waals surface area contributed by atoms with Crippen LogP contribution in [0.15, 0.2) is 60.8 Å². The molecule has 28 heavy (non-hydrogen) atoms. The Kier molecular flexibility index (Phi) is 4.37. The molecule has 140 valence electrons. The van der Waals surface area contributed by atoms with Gasteiger partial charge in [-0.2, -0.15) is 9.90 Å². The summed E-state index contributed by atoms with van der Waals surface area (Å²) < 4.78 is 1.20. The lowest BCUT2D eigenvalue weighted by atomic mass is 9.98. The summed E-state index contributed by atoms with van der Waals surface area (Å²) in [4.78, 5) is 21.2. The van der Waals surface area contributed by atoms with Gasteiger partial charge in [0.2, 0.25) is 0 Å². The van der Waals surface area contributed by atoms with Gasteiger partial charge in [0, 0.05) is 19.0 Å². The van der Waals surface area contributed by atoms with Crippen molar-refractivity contribution in [2.45, 2.75) is 18.8 Å². The van der Waals surface area contributed by atoms with Gasteiger partial charge < -0.3 is 4.90 Å². The summed E-state index contributed by atoms with van der Waals surface area (Å²) in [5.41, 5.74) is 2.26. The van der Waals surface area contributed by atoms with Crippen LogP contribution in [0.25, 0.3) is 15.9 Å². The molecule has 3 heterocycles. The van der Waals surface area contributed by atoms with Gasteiger partial charge in [0.25, 0.3) is 5.91 Å². The molecule has 1 aliphatic heterocycles. The third kappa shape index (κ3) is 3.18. The first-order valence-electron chi connectivity index (χ1n) is 9.40. The predicted octanol–water partition coefficient (Wildman–Crippen LogP) is 3.90. The molecular weight excluding hydrogens is 370 g/mol. The summed E-state index contributed by atoms with van der Waals surface area (Å²) in [5, 5.41) is 9.76. The summed E-state index contributed by atoms with van der Waals surface area (Å²) in [7, 11) is 0. The molecule has 0 N–H and O–H groups in total. The highest BCUT2D eigenvalue weighted by atomic mass is 32.1. The average Bonchev–Trinajstić information content (AvgIpc) is 3.41. The number of nitrogens with zero attached hydrogens (tertiary/aromatic N) is 5. The number of likely N-dealkylation sites (tertiary alicyclic amines) is 1. The number of carbonyl (C=O) groups excluding carboxylic acids is 1. The number of aromatic nitrogens is 4. The summed E-state index contributed by atoms with van der Waals surface area (Å²) in [6.45, 7) is 1.43. The smallest absolute Gasteiger partial charge is 0.276 e. The number of piperidine rings is 1. The molecule has 7 heteroatoms. The number of hydrogen-bond acceptors (Lipinski definition) is 5. The van der Waals surface area contributed by atoms with E-state index in [0.29, 0.717) is 12.2 Å². The largest absolute Gasteiger partial charge is 0.336 e. The zero-order valence-corrected chi connectivity index (χ0v) is 16.0. The van der Waals surface area contributed by atoms with Gasteiger partial charge in [0.15, 0.2) is 5.69 Å². The Balaban J connectivity index is 1.35. The maximum atomic E-state index is 13.0. The summed E-state index contributed by atoms with van der Waals surface area (Å²) in [6, 6.07) is 17.8. The molecular formula is C21H19N5OS. The van der Waals surface area contributed by atoms with Crippen LogP contribution in [0, 0.1) is 0 Å². The minimum absolute atomic E-state index is 0.0620. The number of benzene rings is 2. The topological polar surface area (TPSA) is 63.9 Å². The predicted molar refractivity (Wildman–Crippen MR) is 109 cm³/mol. The highest BCUT2D eigenvalue weighted by molar-refractivity contribution is 7.18. The lowest BCUT2D eigenvalue weighted by Crippen LogP contribution is -2.39. The van der Waals surface area contributed by atoms with Crippen LogP contribution >= 0.6 is 11.3 Å². The molecule has 0 aliphatic carbocycles. The Bertz CT molecular complexity index is 1090. The Hall–Kier alpha value is -3.06. The normalized spacial score (nSPS) is 17.1. The average molecular weight is 389 g/mol. The molecule has 1 saturated heterocycles. The van der Waals surface area contributed by atoms with Crippen LogP contribution in [0.4, 0.5) is 0 Å². The van der Waals surface area contributed by atoms with Gasteiger partial charge in [-0.3, -0.25) is 4.79 Å². The van der Waals surface area contributed by atoms with E-state index in [1.807, 2.05) is 53.4 Å². The second-order valence-electron chi connectivity index (χ2n) is 6.96. The van der Waals surface area contributed by atoms with Crippen LogP contribution < -0.4 is 0 Å². The van der Waals surface area contributed by atoms with Crippen LogP contribution in [0.3, 0.4) is 0 Å². The van der Waals surface area contributed by atoms with Gasteiger partial charge in [-0.1, -0.05) is 30.3 Å². The van der Waals surface area contributed by atoms with Crippen LogP contribution in [0.5, 0.6) is 0 Å². The second-order valence-corrected chi connectivity index (χ2v) is 8.03. The van der Waals surface area contributed by atoms with Gasteiger partial charge in [-0.05, 0) is 37.1 Å². The number of rotatable bonds is 3. The molecule has 0 bridgehead atoms. The van der Waals surface area contributed by atoms with Crippen molar-refractivity contribution in [3.05, 3.63) is 71.5 Å². The molecule has 0 saturated carbocycles. The molecule has 0 spiro atoms. The van der Waals surface area contributed by atoms with Gasteiger partial charge in [-0.15, -0.1) is 16.4 Å². The molecule has 1 fully saturated rings. The minimum atomic E-state index is -0.0620. The lowest BCUT2D eigenvalue weighted by molar-refractivity contribution is 0.0700. The standard InChI is InChI=1S/C21H19N5OS/c27-21(18-13-22-26(24-18)16-8-2-1-3-9-16)25-12-6-7-15(14-25)20-23-17-10-4-5-11-19(17)28-20/h1-5,8-11,13,15H,6-7,12,14H2/t15-/m1/s1. The highest BCUT2D eigenvalue weighted by Gasteiger charge is 2.28. The maximum Gasteiger partial charge on any atom is 0.276 e. The molecule has 0 radical (unpaired) electrons. The first-order valence-corrected chi connectivity index (χ1v) is 10.2. The molecule has 1 aliphatic rings. The number of thiazole rings is 1. The van der Waals surface area contributed by atoms with Gasteiger partial charge >= 0.3 is 0 Å². The Labute approximate surface area is 166 Å². The summed E-state index contributed by atoms with van der Waals surface area (Å²) in [5.74, 6) is 0.215. The molecule has 2 aromatic heterocycles. The summed E-state index contributed by atoms with van der Waals surface area (Å²) >= 11 is 1.73. The van der Waals surface area contributed by atoms with Crippen molar-refractivity contribution in [3.63, 3.8) is 0 Å². The van der Waals surface area contributed by atoms with E-state index in [-0.39, 0.29) is 11.8 Å². The van der Waals surface area contributed by atoms with Crippen LogP contribution in [0.2, 0.25) is 0 Å². The quantitative estimate of drug-likeness (QED) is 0.533. The number of hydrogen-bond donors (Lipinski definition) is 0. The summed E-state index contributed by atoms with van der Waals surface area (Å²) in [6.07, 6.45) is 3.58. The van der Waals surface area contributed by atoms with Crippen molar-refractivity contribution in [3.8, 4) is 5.69 Å². The van der Waals surface area contributed by atoms with Crippen molar-refractivity contribution >= 4 is 27.5 Å². The van der Waals surface area contributed by atoms with Crippen molar-refractivity contribution in [2.24, 2.45) is 0 Å². The fourth-order valence-corrected chi connectivity index (χ4v) is 4.73. The van der Waals surface area contributed by atoms with Crippen molar-refractivity contribution in [1.29, 1.82) is 0 Å². The number of fused-ring (bicyclic) bond motifs is 1. The fourth-order valence-electron chi connectivity index (χ4n) is 3.64. The zero-order valence-electron chi connectivity index (χ0n) is 15.2. The number of amides is 1. The lowest BCUT2D eigenvalue weighted by Gasteiger charge is -2.31. The molecule has 1 atom stereocenters. The van der Waals surface area contributed by atoms with E-state index in [1.165, 1.54) is 9.50 Å². The maximum absolute atomic E-state index is 13.0. The first kappa shape index (κ1) is 17.1. The number of carbonyl (C=O) groups is 1.